The van der Waals surface area contributed by atoms with Gasteiger partial charge in [-0.3, -0.25) is 9.58 Å². The Bertz CT molecular complexity index is 878. The van der Waals surface area contributed by atoms with Gasteiger partial charge in [0, 0.05) is 50.6 Å². The number of fused-ring (bicyclic) bond motifs is 1. The number of nitrogens with one attached hydrogen (secondary N) is 1. The lowest BCUT2D eigenvalue weighted by Gasteiger charge is -2.40. The third-order valence-corrected chi connectivity index (χ3v) is 7.27. The van der Waals surface area contributed by atoms with Crippen molar-refractivity contribution in [1.82, 2.24) is 24.9 Å². The Morgan fingerprint density at radius 1 is 1.13 bits per heavy atom. The lowest BCUT2D eigenvalue weighted by molar-refractivity contribution is -0.0811. The van der Waals surface area contributed by atoms with Gasteiger partial charge in [0.1, 0.15) is 5.82 Å². The summed E-state index contributed by atoms with van der Waals surface area (Å²) in [6.45, 7) is 9.87. The molecule has 4 atom stereocenters. The van der Waals surface area contributed by atoms with Gasteiger partial charge in [-0.1, -0.05) is 0 Å². The molecule has 0 spiro atoms. The first-order valence-electron chi connectivity index (χ1n) is 11.4. The van der Waals surface area contributed by atoms with E-state index in [9.17, 15) is 0 Å². The minimum Gasteiger partial charge on any atom is -0.375 e. The van der Waals surface area contributed by atoms with Crippen molar-refractivity contribution < 1.29 is 4.74 Å². The van der Waals surface area contributed by atoms with Crippen molar-refractivity contribution in [3.05, 3.63) is 24.0 Å². The molecule has 7 nitrogen and oxygen atoms in total. The molecule has 4 heterocycles. The van der Waals surface area contributed by atoms with E-state index >= 15 is 0 Å². The van der Waals surface area contributed by atoms with Gasteiger partial charge in [-0.2, -0.15) is 5.10 Å². The summed E-state index contributed by atoms with van der Waals surface area (Å²) in [6, 6.07) is 5.30. The minimum absolute atomic E-state index is 0.0316. The van der Waals surface area contributed by atoms with Crippen LogP contribution in [0, 0.1) is 18.8 Å². The number of hydrogen-bond donors (Lipinski definition) is 1. The molecule has 2 saturated heterocycles. The summed E-state index contributed by atoms with van der Waals surface area (Å²) in [5.41, 5.74) is 2.94. The van der Waals surface area contributed by atoms with Gasteiger partial charge in [0.15, 0.2) is 0 Å². The number of anilines is 1. The molecule has 0 aromatic carbocycles. The third-order valence-electron chi connectivity index (χ3n) is 7.27. The zero-order chi connectivity index (χ0) is 20.9. The van der Waals surface area contributed by atoms with Crippen molar-refractivity contribution in [2.75, 3.05) is 25.0 Å². The Kier molecular flexibility index (Phi) is 5.06. The molecule has 2 unspecified atom stereocenters. The SMILES string of the molecule is Cc1nn(C)cc1-c1ccc(NC2C[C@@H]3CN(C4CCOC(C)(C)C4)C[C@@H]3C2)nn1. The van der Waals surface area contributed by atoms with Gasteiger partial charge in [-0.05, 0) is 70.4 Å². The van der Waals surface area contributed by atoms with Crippen molar-refractivity contribution in [2.45, 2.75) is 64.1 Å². The van der Waals surface area contributed by atoms with Crippen LogP contribution in [-0.4, -0.2) is 62.3 Å². The number of hydrogen-bond acceptors (Lipinski definition) is 6. The fraction of sp³-hybridized carbons (Fsp3) is 0.696. The first kappa shape index (κ1) is 19.9. The molecule has 0 radical (unpaired) electrons. The minimum atomic E-state index is 0.0316. The van der Waals surface area contributed by atoms with Gasteiger partial charge >= 0.3 is 0 Å². The highest BCUT2D eigenvalue weighted by molar-refractivity contribution is 5.61. The maximum absolute atomic E-state index is 5.92. The second kappa shape index (κ2) is 7.61. The van der Waals surface area contributed by atoms with Gasteiger partial charge < -0.3 is 10.1 Å². The molecule has 2 aromatic rings. The normalized spacial score (nSPS) is 31.1. The number of nitrogens with zero attached hydrogens (tertiary/aromatic N) is 5. The molecule has 1 aliphatic carbocycles. The molecule has 5 rings (SSSR count). The van der Waals surface area contributed by atoms with E-state index in [4.69, 9.17) is 4.74 Å². The Balaban J connectivity index is 1.16. The molecule has 1 saturated carbocycles. The van der Waals surface area contributed by atoms with Crippen LogP contribution in [0.25, 0.3) is 11.3 Å². The van der Waals surface area contributed by atoms with Gasteiger partial charge in [-0.25, -0.2) is 0 Å². The van der Waals surface area contributed by atoms with Gasteiger partial charge in [0.05, 0.1) is 17.0 Å². The van der Waals surface area contributed by atoms with Crippen LogP contribution in [0.15, 0.2) is 18.3 Å². The summed E-state index contributed by atoms with van der Waals surface area (Å²) < 4.78 is 7.74. The summed E-state index contributed by atoms with van der Waals surface area (Å²) in [5.74, 6) is 2.49. The van der Waals surface area contributed by atoms with E-state index in [1.165, 1.54) is 32.4 Å². The first-order valence-corrected chi connectivity index (χ1v) is 11.4. The Hall–Kier alpha value is -1.99. The van der Waals surface area contributed by atoms with Crippen LogP contribution in [0.1, 0.15) is 45.2 Å². The highest BCUT2D eigenvalue weighted by Crippen LogP contribution is 2.41. The summed E-state index contributed by atoms with van der Waals surface area (Å²) in [4.78, 5) is 2.75. The zero-order valence-electron chi connectivity index (χ0n) is 18.6. The number of likely N-dealkylation sites (tertiary alicyclic amines) is 1. The Labute approximate surface area is 179 Å². The third kappa shape index (κ3) is 3.97. The van der Waals surface area contributed by atoms with Gasteiger partial charge in [-0.15, -0.1) is 10.2 Å². The number of aryl methyl sites for hydroxylation is 2. The van der Waals surface area contributed by atoms with Crippen LogP contribution < -0.4 is 5.32 Å². The maximum atomic E-state index is 5.92. The first-order chi connectivity index (χ1) is 14.4. The van der Waals surface area contributed by atoms with E-state index in [0.717, 1.165) is 47.6 Å². The summed E-state index contributed by atoms with van der Waals surface area (Å²) in [5, 5.41) is 16.9. The predicted octanol–water partition coefficient (Wildman–Crippen LogP) is 3.27. The van der Waals surface area contributed by atoms with E-state index in [1.54, 1.807) is 0 Å². The van der Waals surface area contributed by atoms with E-state index in [1.807, 2.05) is 30.9 Å². The van der Waals surface area contributed by atoms with Crippen molar-refractivity contribution >= 4 is 5.82 Å². The topological polar surface area (TPSA) is 68.1 Å². The molecule has 3 fully saturated rings. The molecule has 0 bridgehead atoms. The molecular weight excluding hydrogens is 376 g/mol. The van der Waals surface area contributed by atoms with Crippen molar-refractivity contribution in [1.29, 1.82) is 0 Å². The van der Waals surface area contributed by atoms with Crippen LogP contribution in [0.5, 0.6) is 0 Å². The maximum Gasteiger partial charge on any atom is 0.148 e. The van der Waals surface area contributed by atoms with Crippen molar-refractivity contribution in [3.8, 4) is 11.3 Å². The van der Waals surface area contributed by atoms with Gasteiger partial charge in [0.25, 0.3) is 0 Å². The summed E-state index contributed by atoms with van der Waals surface area (Å²) in [7, 11) is 1.93. The molecule has 7 heteroatoms. The quantitative estimate of drug-likeness (QED) is 0.834. The Morgan fingerprint density at radius 2 is 1.90 bits per heavy atom. The van der Waals surface area contributed by atoms with Crippen LogP contribution in [0.2, 0.25) is 0 Å². The molecule has 2 aromatic heterocycles. The van der Waals surface area contributed by atoms with Crippen LogP contribution in [0.4, 0.5) is 5.82 Å². The van der Waals surface area contributed by atoms with Crippen molar-refractivity contribution in [3.63, 3.8) is 0 Å². The summed E-state index contributed by atoms with van der Waals surface area (Å²) >= 11 is 0. The fourth-order valence-corrected chi connectivity index (χ4v) is 5.88. The highest BCUT2D eigenvalue weighted by Gasteiger charge is 2.44. The van der Waals surface area contributed by atoms with E-state index in [2.05, 4.69) is 45.4 Å². The van der Waals surface area contributed by atoms with Crippen molar-refractivity contribution in [2.24, 2.45) is 18.9 Å². The standard InChI is InChI=1S/C23H34N6O/c1-15-20(14-28(4)27-15)21-5-6-22(26-25-21)24-18-9-16-12-29(13-17(16)10-18)19-7-8-30-23(2,3)11-19/h5-6,14,16-19H,7-13H2,1-4H3,(H,24,26)/t16-,17+,18?,19?. The highest BCUT2D eigenvalue weighted by atomic mass is 16.5. The fourth-order valence-electron chi connectivity index (χ4n) is 5.88. The number of aromatic nitrogens is 4. The summed E-state index contributed by atoms with van der Waals surface area (Å²) in [6.07, 6.45) is 6.81. The van der Waals surface area contributed by atoms with E-state index in [0.29, 0.717) is 12.1 Å². The van der Waals surface area contributed by atoms with Crippen LogP contribution in [-0.2, 0) is 11.8 Å². The molecule has 3 aliphatic rings. The molecule has 0 amide bonds. The predicted molar refractivity (Wildman–Crippen MR) is 117 cm³/mol. The van der Waals surface area contributed by atoms with Gasteiger partial charge in [0.2, 0.25) is 0 Å². The molecular formula is C23H34N6O. The largest absolute Gasteiger partial charge is 0.375 e. The molecule has 2 aliphatic heterocycles. The number of ether oxygens (including phenoxy) is 1. The monoisotopic (exact) mass is 410 g/mol. The lowest BCUT2D eigenvalue weighted by Crippen LogP contribution is -2.45. The zero-order valence-corrected chi connectivity index (χ0v) is 18.6. The number of rotatable bonds is 4. The van der Waals surface area contributed by atoms with Crippen LogP contribution in [0.3, 0.4) is 0 Å². The smallest absolute Gasteiger partial charge is 0.148 e. The molecule has 162 valence electrons. The Morgan fingerprint density at radius 3 is 2.50 bits per heavy atom. The van der Waals surface area contributed by atoms with E-state index < -0.39 is 0 Å². The van der Waals surface area contributed by atoms with Crippen LogP contribution >= 0.6 is 0 Å². The average Bonchev–Trinajstić information content (AvgIpc) is 3.34. The van der Waals surface area contributed by atoms with E-state index in [-0.39, 0.29) is 5.60 Å². The second-order valence-corrected chi connectivity index (χ2v) is 10.1. The second-order valence-electron chi connectivity index (χ2n) is 10.1. The molecule has 30 heavy (non-hydrogen) atoms. The lowest BCUT2D eigenvalue weighted by atomic mass is 9.93. The average molecular weight is 411 g/mol. The molecule has 1 N–H and O–H groups in total.